The fourth-order valence-electron chi connectivity index (χ4n) is 3.62. The molecule has 0 radical (unpaired) electrons. The van der Waals surface area contributed by atoms with Gasteiger partial charge >= 0.3 is 6.18 Å². The number of piperazine rings is 1. The molecule has 0 saturated carbocycles. The third-order valence-corrected chi connectivity index (χ3v) is 5.33. The molecule has 158 valence electrons. The molecule has 2 heterocycles. The number of aliphatic hydroxyl groups excluding tert-OH is 1. The van der Waals surface area contributed by atoms with Crippen molar-refractivity contribution in [1.29, 1.82) is 0 Å². The molecule has 29 heavy (non-hydrogen) atoms. The molecule has 0 atom stereocenters. The lowest BCUT2D eigenvalue weighted by molar-refractivity contribution is -0.137. The number of benzene rings is 1. The molecule has 1 fully saturated rings. The van der Waals surface area contributed by atoms with Crippen LogP contribution in [0.2, 0.25) is 0 Å². The molecular weight excluding hydrogens is 385 g/mol. The lowest BCUT2D eigenvalue weighted by Crippen LogP contribution is -2.49. The van der Waals surface area contributed by atoms with Gasteiger partial charge in [0.15, 0.2) is 0 Å². The van der Waals surface area contributed by atoms with E-state index in [4.69, 9.17) is 5.11 Å². The van der Waals surface area contributed by atoms with Crippen molar-refractivity contribution in [2.24, 2.45) is 0 Å². The molecule has 1 aromatic heterocycles. The van der Waals surface area contributed by atoms with Gasteiger partial charge in [0.05, 0.1) is 30.0 Å². The van der Waals surface area contributed by atoms with Crippen molar-refractivity contribution in [3.05, 3.63) is 46.8 Å². The van der Waals surface area contributed by atoms with Gasteiger partial charge < -0.3 is 10.0 Å². The van der Waals surface area contributed by atoms with E-state index in [2.05, 4.69) is 10.00 Å². The van der Waals surface area contributed by atoms with E-state index >= 15 is 0 Å². The third kappa shape index (κ3) is 4.79. The molecule has 3 rings (SSSR count). The van der Waals surface area contributed by atoms with Crippen LogP contribution in [-0.4, -0.2) is 69.9 Å². The number of nitrogens with zero attached hydrogens (tertiary/aromatic N) is 4. The topological polar surface area (TPSA) is 61.6 Å². The number of alkyl halides is 3. The van der Waals surface area contributed by atoms with Crippen molar-refractivity contribution < 1.29 is 23.1 Å². The SMILES string of the molecule is Cc1nn(-c2cccc(C(F)(F)F)c2)c(C)c1CC(=O)N1CCN(CCO)CC1. The van der Waals surface area contributed by atoms with Crippen molar-refractivity contribution >= 4 is 5.91 Å². The van der Waals surface area contributed by atoms with Gasteiger partial charge in [0.2, 0.25) is 5.91 Å². The second-order valence-corrected chi connectivity index (χ2v) is 7.23. The van der Waals surface area contributed by atoms with Crippen LogP contribution in [0.15, 0.2) is 24.3 Å². The number of hydrogen-bond donors (Lipinski definition) is 1. The summed E-state index contributed by atoms with van der Waals surface area (Å²) in [5.74, 6) is -0.0246. The first-order valence-electron chi connectivity index (χ1n) is 9.54. The Labute approximate surface area is 167 Å². The van der Waals surface area contributed by atoms with Gasteiger partial charge in [0.1, 0.15) is 0 Å². The van der Waals surface area contributed by atoms with Crippen molar-refractivity contribution in [2.45, 2.75) is 26.4 Å². The van der Waals surface area contributed by atoms with Crippen LogP contribution in [0.5, 0.6) is 0 Å². The van der Waals surface area contributed by atoms with E-state index < -0.39 is 11.7 Å². The smallest absolute Gasteiger partial charge is 0.395 e. The van der Waals surface area contributed by atoms with Gasteiger partial charge in [0, 0.05) is 44.0 Å². The molecule has 1 aromatic carbocycles. The summed E-state index contributed by atoms with van der Waals surface area (Å²) in [6, 6.07) is 5.01. The molecule has 2 aromatic rings. The summed E-state index contributed by atoms with van der Waals surface area (Å²) in [6.45, 7) is 6.85. The first-order chi connectivity index (χ1) is 13.7. The average molecular weight is 410 g/mol. The van der Waals surface area contributed by atoms with Crippen LogP contribution in [0.3, 0.4) is 0 Å². The van der Waals surface area contributed by atoms with E-state index in [9.17, 15) is 18.0 Å². The fraction of sp³-hybridized carbons (Fsp3) is 0.500. The molecule has 0 aliphatic carbocycles. The Bertz CT molecular complexity index is 871. The number of carbonyl (C=O) groups is 1. The standard InChI is InChI=1S/C20H25F3N4O2/c1-14-18(13-19(29)26-8-6-25(7-9-26)10-11-28)15(2)27(24-14)17-5-3-4-16(12-17)20(21,22)23/h3-5,12,28H,6-11,13H2,1-2H3. The monoisotopic (exact) mass is 410 g/mol. The first kappa shape index (κ1) is 21.3. The summed E-state index contributed by atoms with van der Waals surface area (Å²) in [5, 5.41) is 13.4. The highest BCUT2D eigenvalue weighted by molar-refractivity contribution is 5.79. The van der Waals surface area contributed by atoms with Gasteiger partial charge in [-0.2, -0.15) is 18.3 Å². The molecule has 1 amide bonds. The average Bonchev–Trinajstić information content (AvgIpc) is 2.96. The number of β-amino-alcohol motifs (C(OH)–C–C–N with tert-alkyl or cyclic N) is 1. The summed E-state index contributed by atoms with van der Waals surface area (Å²) in [6.07, 6.45) is -4.26. The fourth-order valence-corrected chi connectivity index (χ4v) is 3.62. The minimum absolute atomic E-state index is 0.0246. The summed E-state index contributed by atoms with van der Waals surface area (Å²) in [7, 11) is 0. The molecule has 0 unspecified atom stereocenters. The second-order valence-electron chi connectivity index (χ2n) is 7.23. The molecule has 6 nitrogen and oxygen atoms in total. The molecule has 1 aliphatic rings. The number of carbonyl (C=O) groups excluding carboxylic acids is 1. The second kappa shape index (κ2) is 8.54. The largest absolute Gasteiger partial charge is 0.416 e. The van der Waals surface area contributed by atoms with Gasteiger partial charge in [0.25, 0.3) is 0 Å². The van der Waals surface area contributed by atoms with Crippen LogP contribution in [0.1, 0.15) is 22.5 Å². The molecule has 0 spiro atoms. The normalized spacial score (nSPS) is 15.7. The zero-order valence-electron chi connectivity index (χ0n) is 16.5. The molecule has 1 saturated heterocycles. The van der Waals surface area contributed by atoms with Crippen LogP contribution >= 0.6 is 0 Å². The number of amides is 1. The summed E-state index contributed by atoms with van der Waals surface area (Å²) in [4.78, 5) is 16.6. The maximum absolute atomic E-state index is 13.0. The van der Waals surface area contributed by atoms with Gasteiger partial charge in [-0.15, -0.1) is 0 Å². The van der Waals surface area contributed by atoms with Crippen LogP contribution in [-0.2, 0) is 17.4 Å². The Kier molecular flexibility index (Phi) is 6.28. The van der Waals surface area contributed by atoms with Crippen molar-refractivity contribution in [3.8, 4) is 5.69 Å². The van der Waals surface area contributed by atoms with Crippen LogP contribution in [0.4, 0.5) is 13.2 Å². The van der Waals surface area contributed by atoms with E-state index in [0.717, 1.165) is 17.7 Å². The Morgan fingerprint density at radius 3 is 2.48 bits per heavy atom. The van der Waals surface area contributed by atoms with Crippen LogP contribution in [0.25, 0.3) is 5.69 Å². The highest BCUT2D eigenvalue weighted by Crippen LogP contribution is 2.31. The summed E-state index contributed by atoms with van der Waals surface area (Å²) >= 11 is 0. The zero-order chi connectivity index (χ0) is 21.2. The molecule has 0 bridgehead atoms. The van der Waals surface area contributed by atoms with Gasteiger partial charge in [-0.25, -0.2) is 4.68 Å². The Hall–Kier alpha value is -2.39. The Balaban J connectivity index is 1.76. The van der Waals surface area contributed by atoms with Crippen molar-refractivity contribution in [1.82, 2.24) is 19.6 Å². The summed E-state index contributed by atoms with van der Waals surface area (Å²) in [5.41, 5.74) is 1.61. The van der Waals surface area contributed by atoms with E-state index in [1.807, 2.05) is 0 Å². The van der Waals surface area contributed by atoms with E-state index in [0.29, 0.717) is 49.8 Å². The van der Waals surface area contributed by atoms with Crippen LogP contribution < -0.4 is 0 Å². The third-order valence-electron chi connectivity index (χ3n) is 5.33. The number of aliphatic hydroxyl groups is 1. The highest BCUT2D eigenvalue weighted by atomic mass is 19.4. The lowest BCUT2D eigenvalue weighted by atomic mass is 10.1. The number of halogens is 3. The van der Waals surface area contributed by atoms with Gasteiger partial charge in [-0.3, -0.25) is 9.69 Å². The highest BCUT2D eigenvalue weighted by Gasteiger charge is 2.31. The van der Waals surface area contributed by atoms with E-state index in [1.165, 1.54) is 10.7 Å². The predicted molar refractivity (Wildman–Crippen MR) is 102 cm³/mol. The van der Waals surface area contributed by atoms with Crippen molar-refractivity contribution in [3.63, 3.8) is 0 Å². The number of hydrogen-bond acceptors (Lipinski definition) is 4. The molecular formula is C20H25F3N4O2. The zero-order valence-corrected chi connectivity index (χ0v) is 16.5. The minimum atomic E-state index is -4.43. The molecule has 9 heteroatoms. The maximum atomic E-state index is 13.0. The van der Waals surface area contributed by atoms with Gasteiger partial charge in [-0.1, -0.05) is 6.07 Å². The molecule has 1 aliphatic heterocycles. The van der Waals surface area contributed by atoms with Gasteiger partial charge in [-0.05, 0) is 32.0 Å². The van der Waals surface area contributed by atoms with Crippen molar-refractivity contribution in [2.75, 3.05) is 39.3 Å². The lowest BCUT2D eigenvalue weighted by Gasteiger charge is -2.34. The Morgan fingerprint density at radius 1 is 1.17 bits per heavy atom. The number of aryl methyl sites for hydroxylation is 1. The maximum Gasteiger partial charge on any atom is 0.416 e. The quantitative estimate of drug-likeness (QED) is 0.821. The number of rotatable bonds is 5. The minimum Gasteiger partial charge on any atom is -0.395 e. The van der Waals surface area contributed by atoms with E-state index in [-0.39, 0.29) is 18.9 Å². The first-order valence-corrected chi connectivity index (χ1v) is 9.54. The molecule has 1 N–H and O–H groups in total. The summed E-state index contributed by atoms with van der Waals surface area (Å²) < 4.78 is 40.5. The Morgan fingerprint density at radius 2 is 1.86 bits per heavy atom. The predicted octanol–water partition coefficient (Wildman–Crippen LogP) is 2.19. The van der Waals surface area contributed by atoms with E-state index in [1.54, 1.807) is 24.8 Å². The van der Waals surface area contributed by atoms with Crippen LogP contribution in [0, 0.1) is 13.8 Å². The number of aromatic nitrogens is 2.